The molecule has 0 aliphatic carbocycles. The lowest BCUT2D eigenvalue weighted by atomic mass is 10.1. The number of hydrogen-bond donors (Lipinski definition) is 1. The first-order valence-corrected chi connectivity index (χ1v) is 7.96. The SMILES string of the molecule is N#C/C(=C/NCCc1cccc(Cl)c1)C(=O)N1CCCCC1. The first-order chi connectivity index (χ1) is 10.7. The van der Waals surface area contributed by atoms with Crippen molar-refractivity contribution in [3.05, 3.63) is 46.6 Å². The number of hydrogen-bond acceptors (Lipinski definition) is 3. The van der Waals surface area contributed by atoms with Crippen LogP contribution in [0.2, 0.25) is 5.02 Å². The molecule has 1 amide bonds. The summed E-state index contributed by atoms with van der Waals surface area (Å²) in [5.41, 5.74) is 1.29. The van der Waals surface area contributed by atoms with Crippen molar-refractivity contribution in [2.75, 3.05) is 19.6 Å². The maximum absolute atomic E-state index is 12.2. The van der Waals surface area contributed by atoms with Crippen LogP contribution in [-0.2, 0) is 11.2 Å². The molecule has 22 heavy (non-hydrogen) atoms. The molecule has 1 aromatic rings. The summed E-state index contributed by atoms with van der Waals surface area (Å²) in [6.45, 7) is 2.15. The van der Waals surface area contributed by atoms with Crippen LogP contribution in [0.1, 0.15) is 24.8 Å². The van der Waals surface area contributed by atoms with E-state index >= 15 is 0 Å². The van der Waals surface area contributed by atoms with E-state index in [1.54, 1.807) is 4.90 Å². The molecule has 1 aliphatic heterocycles. The van der Waals surface area contributed by atoms with E-state index in [-0.39, 0.29) is 11.5 Å². The molecule has 2 rings (SSSR count). The minimum Gasteiger partial charge on any atom is -0.389 e. The predicted molar refractivity (Wildman–Crippen MR) is 87.3 cm³/mol. The van der Waals surface area contributed by atoms with Crippen molar-refractivity contribution >= 4 is 17.5 Å². The maximum Gasteiger partial charge on any atom is 0.265 e. The molecule has 1 fully saturated rings. The van der Waals surface area contributed by atoms with Crippen LogP contribution in [0.4, 0.5) is 0 Å². The van der Waals surface area contributed by atoms with Gasteiger partial charge in [-0.2, -0.15) is 5.26 Å². The van der Waals surface area contributed by atoms with Gasteiger partial charge >= 0.3 is 0 Å². The highest BCUT2D eigenvalue weighted by Crippen LogP contribution is 2.12. The quantitative estimate of drug-likeness (QED) is 0.516. The fraction of sp³-hybridized carbons (Fsp3) is 0.412. The monoisotopic (exact) mass is 317 g/mol. The summed E-state index contributed by atoms with van der Waals surface area (Å²) in [6.07, 6.45) is 5.52. The molecule has 0 atom stereocenters. The number of rotatable bonds is 5. The third kappa shape index (κ3) is 4.78. The number of benzene rings is 1. The van der Waals surface area contributed by atoms with Gasteiger partial charge in [-0.25, -0.2) is 0 Å². The Morgan fingerprint density at radius 2 is 2.14 bits per heavy atom. The Morgan fingerprint density at radius 3 is 2.82 bits per heavy atom. The fourth-order valence-electron chi connectivity index (χ4n) is 2.49. The lowest BCUT2D eigenvalue weighted by Gasteiger charge is -2.26. The van der Waals surface area contributed by atoms with Gasteiger partial charge < -0.3 is 10.2 Å². The van der Waals surface area contributed by atoms with Gasteiger partial charge in [-0.05, 0) is 43.4 Å². The smallest absolute Gasteiger partial charge is 0.265 e. The maximum atomic E-state index is 12.2. The predicted octanol–water partition coefficient (Wildman–Crippen LogP) is 2.89. The Labute approximate surface area is 136 Å². The Morgan fingerprint density at radius 1 is 1.36 bits per heavy atom. The van der Waals surface area contributed by atoms with Gasteiger partial charge in [-0.15, -0.1) is 0 Å². The highest BCUT2D eigenvalue weighted by Gasteiger charge is 2.19. The van der Waals surface area contributed by atoms with Crippen LogP contribution in [0.3, 0.4) is 0 Å². The average Bonchev–Trinajstić information content (AvgIpc) is 2.55. The molecule has 0 bridgehead atoms. The number of carbonyl (C=O) groups excluding carboxylic acids is 1. The number of nitriles is 1. The fourth-order valence-corrected chi connectivity index (χ4v) is 2.71. The number of amides is 1. The molecule has 1 heterocycles. The highest BCUT2D eigenvalue weighted by atomic mass is 35.5. The van der Waals surface area contributed by atoms with E-state index in [0.717, 1.165) is 44.3 Å². The average molecular weight is 318 g/mol. The molecule has 1 aliphatic rings. The molecular formula is C17H20ClN3O. The summed E-state index contributed by atoms with van der Waals surface area (Å²) in [5.74, 6) is -0.169. The molecule has 1 N–H and O–H groups in total. The number of nitrogens with one attached hydrogen (secondary N) is 1. The van der Waals surface area contributed by atoms with E-state index in [4.69, 9.17) is 16.9 Å². The second kappa shape index (κ2) is 8.45. The van der Waals surface area contributed by atoms with Gasteiger partial charge in [-0.3, -0.25) is 4.79 Å². The summed E-state index contributed by atoms with van der Waals surface area (Å²) in [4.78, 5) is 14.0. The van der Waals surface area contributed by atoms with Crippen molar-refractivity contribution in [2.24, 2.45) is 0 Å². The van der Waals surface area contributed by atoms with Crippen molar-refractivity contribution in [3.8, 4) is 6.07 Å². The van der Waals surface area contributed by atoms with Crippen molar-refractivity contribution in [1.29, 1.82) is 5.26 Å². The highest BCUT2D eigenvalue weighted by molar-refractivity contribution is 6.30. The third-order valence-electron chi connectivity index (χ3n) is 3.69. The molecule has 1 saturated heterocycles. The second-order valence-electron chi connectivity index (χ2n) is 5.36. The molecular weight excluding hydrogens is 298 g/mol. The number of carbonyl (C=O) groups is 1. The summed E-state index contributed by atoms with van der Waals surface area (Å²) in [5, 5.41) is 12.9. The molecule has 1 aromatic carbocycles. The van der Waals surface area contributed by atoms with Crippen molar-refractivity contribution < 1.29 is 4.79 Å². The van der Waals surface area contributed by atoms with E-state index in [1.165, 1.54) is 6.20 Å². The Hall–Kier alpha value is -1.99. The molecule has 0 spiro atoms. The van der Waals surface area contributed by atoms with Gasteiger partial charge in [0.1, 0.15) is 11.6 Å². The van der Waals surface area contributed by atoms with E-state index in [2.05, 4.69) is 5.32 Å². The summed E-state index contributed by atoms with van der Waals surface area (Å²) < 4.78 is 0. The molecule has 4 nitrogen and oxygen atoms in total. The van der Waals surface area contributed by atoms with Crippen LogP contribution in [0, 0.1) is 11.3 Å². The zero-order valence-corrected chi connectivity index (χ0v) is 13.3. The van der Waals surface area contributed by atoms with Crippen LogP contribution in [0.5, 0.6) is 0 Å². The lowest BCUT2D eigenvalue weighted by molar-refractivity contribution is -0.127. The summed E-state index contributed by atoms with van der Waals surface area (Å²) in [6, 6.07) is 9.66. The number of halogens is 1. The summed E-state index contributed by atoms with van der Waals surface area (Å²) >= 11 is 5.93. The molecule has 5 heteroatoms. The van der Waals surface area contributed by atoms with Gasteiger partial charge in [0.15, 0.2) is 0 Å². The lowest BCUT2D eigenvalue weighted by Crippen LogP contribution is -2.36. The van der Waals surface area contributed by atoms with Gasteiger partial charge in [-0.1, -0.05) is 23.7 Å². The summed E-state index contributed by atoms with van der Waals surface area (Å²) in [7, 11) is 0. The molecule has 0 radical (unpaired) electrons. The van der Waals surface area contributed by atoms with Crippen LogP contribution in [0.25, 0.3) is 0 Å². The number of likely N-dealkylation sites (tertiary alicyclic amines) is 1. The molecule has 0 unspecified atom stereocenters. The minimum absolute atomic E-state index is 0.169. The van der Waals surface area contributed by atoms with Gasteiger partial charge in [0.25, 0.3) is 5.91 Å². The zero-order valence-electron chi connectivity index (χ0n) is 12.5. The van der Waals surface area contributed by atoms with E-state index < -0.39 is 0 Å². The first-order valence-electron chi connectivity index (χ1n) is 7.58. The topological polar surface area (TPSA) is 56.1 Å². The Balaban J connectivity index is 1.84. The molecule has 116 valence electrons. The van der Waals surface area contributed by atoms with Crippen LogP contribution in [-0.4, -0.2) is 30.4 Å². The second-order valence-corrected chi connectivity index (χ2v) is 5.79. The van der Waals surface area contributed by atoms with E-state index in [0.29, 0.717) is 11.6 Å². The Bertz CT molecular complexity index is 586. The minimum atomic E-state index is -0.169. The van der Waals surface area contributed by atoms with Crippen molar-refractivity contribution in [3.63, 3.8) is 0 Å². The van der Waals surface area contributed by atoms with Crippen LogP contribution in [0.15, 0.2) is 36.0 Å². The van der Waals surface area contributed by atoms with Gasteiger partial charge in [0, 0.05) is 30.9 Å². The van der Waals surface area contributed by atoms with Crippen molar-refractivity contribution in [2.45, 2.75) is 25.7 Å². The van der Waals surface area contributed by atoms with E-state index in [1.807, 2.05) is 30.3 Å². The van der Waals surface area contributed by atoms with Crippen LogP contribution < -0.4 is 5.32 Å². The molecule has 0 saturated carbocycles. The van der Waals surface area contributed by atoms with Crippen molar-refractivity contribution in [1.82, 2.24) is 10.2 Å². The largest absolute Gasteiger partial charge is 0.389 e. The zero-order chi connectivity index (χ0) is 15.8. The normalized spacial score (nSPS) is 15.3. The molecule has 0 aromatic heterocycles. The Kier molecular flexibility index (Phi) is 6.29. The van der Waals surface area contributed by atoms with Gasteiger partial charge in [0.2, 0.25) is 0 Å². The van der Waals surface area contributed by atoms with Crippen LogP contribution >= 0.6 is 11.6 Å². The van der Waals surface area contributed by atoms with Gasteiger partial charge in [0.05, 0.1) is 0 Å². The first kappa shape index (κ1) is 16.4. The standard InChI is InChI=1S/C17H20ClN3O/c18-16-6-4-5-14(11-16)7-8-20-13-15(12-19)17(22)21-9-2-1-3-10-21/h4-6,11,13,20H,1-3,7-10H2/b15-13-. The number of nitrogens with zero attached hydrogens (tertiary/aromatic N) is 2. The number of piperidine rings is 1. The third-order valence-corrected chi connectivity index (χ3v) is 3.92. The van der Waals surface area contributed by atoms with E-state index in [9.17, 15) is 4.79 Å².